The standard InChI is InChI=1S/C13H18FN3O3/c1-20-13-7-11(10(14)6-12(13)17(18)19)16-4-2-9(8-15)3-5-16/h6-7,9H,2-5,8,15H2,1H3. The van der Waals surface area contributed by atoms with Crippen molar-refractivity contribution in [2.45, 2.75) is 12.8 Å². The van der Waals surface area contributed by atoms with Crippen molar-refractivity contribution in [1.82, 2.24) is 0 Å². The molecule has 0 aliphatic carbocycles. The Morgan fingerprint density at radius 1 is 1.50 bits per heavy atom. The van der Waals surface area contributed by atoms with Crippen molar-refractivity contribution in [1.29, 1.82) is 0 Å². The van der Waals surface area contributed by atoms with Gasteiger partial charge in [-0.1, -0.05) is 0 Å². The van der Waals surface area contributed by atoms with Crippen molar-refractivity contribution in [3.63, 3.8) is 0 Å². The first kappa shape index (κ1) is 14.5. The van der Waals surface area contributed by atoms with E-state index in [4.69, 9.17) is 10.5 Å². The smallest absolute Gasteiger partial charge is 0.313 e. The third-order valence-electron chi connectivity index (χ3n) is 3.73. The van der Waals surface area contributed by atoms with E-state index in [9.17, 15) is 14.5 Å². The lowest BCUT2D eigenvalue weighted by Gasteiger charge is -2.33. The normalized spacial score (nSPS) is 16.2. The lowest BCUT2D eigenvalue weighted by atomic mass is 9.96. The number of rotatable bonds is 4. The van der Waals surface area contributed by atoms with Crippen LogP contribution in [0.5, 0.6) is 5.75 Å². The van der Waals surface area contributed by atoms with Crippen molar-refractivity contribution >= 4 is 11.4 Å². The molecule has 1 aromatic carbocycles. The first-order valence-corrected chi connectivity index (χ1v) is 6.53. The predicted octanol–water partition coefficient (Wildman–Crippen LogP) is 1.92. The molecule has 0 unspecified atom stereocenters. The Morgan fingerprint density at radius 3 is 2.65 bits per heavy atom. The molecule has 110 valence electrons. The number of piperidine rings is 1. The zero-order chi connectivity index (χ0) is 14.7. The molecule has 1 aliphatic heterocycles. The van der Waals surface area contributed by atoms with Crippen LogP contribution < -0.4 is 15.4 Å². The maximum absolute atomic E-state index is 14.1. The van der Waals surface area contributed by atoms with Gasteiger partial charge in [-0.2, -0.15) is 0 Å². The Balaban J connectivity index is 2.26. The molecule has 2 N–H and O–H groups in total. The molecule has 7 heteroatoms. The number of anilines is 1. The minimum Gasteiger partial charge on any atom is -0.490 e. The molecule has 0 spiro atoms. The molecule has 1 saturated heterocycles. The molecule has 1 fully saturated rings. The average molecular weight is 283 g/mol. The van der Waals surface area contributed by atoms with E-state index in [1.54, 1.807) is 0 Å². The summed E-state index contributed by atoms with van der Waals surface area (Å²) >= 11 is 0. The van der Waals surface area contributed by atoms with Gasteiger partial charge < -0.3 is 15.4 Å². The fraction of sp³-hybridized carbons (Fsp3) is 0.538. The minimum atomic E-state index is -0.646. The summed E-state index contributed by atoms with van der Waals surface area (Å²) in [6.45, 7) is 2.03. The van der Waals surface area contributed by atoms with Crippen LogP contribution >= 0.6 is 0 Å². The number of nitrogens with zero attached hydrogens (tertiary/aromatic N) is 2. The van der Waals surface area contributed by atoms with Gasteiger partial charge in [0.25, 0.3) is 0 Å². The molecule has 20 heavy (non-hydrogen) atoms. The van der Waals surface area contributed by atoms with Crippen molar-refractivity contribution in [2.24, 2.45) is 11.7 Å². The van der Waals surface area contributed by atoms with Crippen molar-refractivity contribution in [3.8, 4) is 5.75 Å². The van der Waals surface area contributed by atoms with Crippen molar-refractivity contribution < 1.29 is 14.1 Å². The maximum Gasteiger partial charge on any atom is 0.313 e. The zero-order valence-corrected chi connectivity index (χ0v) is 11.3. The van der Waals surface area contributed by atoms with E-state index >= 15 is 0 Å². The van der Waals surface area contributed by atoms with Crippen LogP contribution in [-0.4, -0.2) is 31.7 Å². The van der Waals surface area contributed by atoms with Gasteiger partial charge in [-0.15, -0.1) is 0 Å². The average Bonchev–Trinajstić information content (AvgIpc) is 2.47. The van der Waals surface area contributed by atoms with E-state index in [1.165, 1.54) is 13.2 Å². The topological polar surface area (TPSA) is 81.6 Å². The second-order valence-electron chi connectivity index (χ2n) is 4.90. The second-order valence-corrected chi connectivity index (χ2v) is 4.90. The molecule has 0 bridgehead atoms. The van der Waals surface area contributed by atoms with Crippen LogP contribution in [0.1, 0.15) is 12.8 Å². The van der Waals surface area contributed by atoms with Gasteiger partial charge in [-0.05, 0) is 25.3 Å². The molecule has 1 aromatic rings. The molecule has 0 radical (unpaired) electrons. The Hall–Kier alpha value is -1.89. The van der Waals surface area contributed by atoms with Gasteiger partial charge in [0.15, 0.2) is 11.6 Å². The Kier molecular flexibility index (Phi) is 4.39. The van der Waals surface area contributed by atoms with Crippen LogP contribution in [0.3, 0.4) is 0 Å². The van der Waals surface area contributed by atoms with Crippen LogP contribution in [0.4, 0.5) is 15.8 Å². The maximum atomic E-state index is 14.1. The zero-order valence-electron chi connectivity index (χ0n) is 11.3. The largest absolute Gasteiger partial charge is 0.490 e. The predicted molar refractivity (Wildman–Crippen MR) is 73.6 cm³/mol. The van der Waals surface area contributed by atoms with Gasteiger partial charge in [0, 0.05) is 19.2 Å². The summed E-state index contributed by atoms with van der Waals surface area (Å²) in [5.41, 5.74) is 5.62. The molecule has 6 nitrogen and oxygen atoms in total. The molecule has 0 aromatic heterocycles. The van der Waals surface area contributed by atoms with Gasteiger partial charge in [0.1, 0.15) is 0 Å². The monoisotopic (exact) mass is 283 g/mol. The van der Waals surface area contributed by atoms with Gasteiger partial charge in [-0.25, -0.2) is 4.39 Å². The highest BCUT2D eigenvalue weighted by Gasteiger charge is 2.25. The van der Waals surface area contributed by atoms with Crippen LogP contribution in [0, 0.1) is 21.8 Å². The molecular formula is C13H18FN3O3. The number of nitrogens with two attached hydrogens (primary N) is 1. The number of nitro groups is 1. The van der Waals surface area contributed by atoms with E-state index in [2.05, 4.69) is 0 Å². The quantitative estimate of drug-likeness (QED) is 0.674. The third-order valence-corrected chi connectivity index (χ3v) is 3.73. The van der Waals surface area contributed by atoms with E-state index < -0.39 is 10.7 Å². The number of halogens is 1. The fourth-order valence-corrected chi connectivity index (χ4v) is 2.49. The second kappa shape index (κ2) is 6.04. The molecule has 0 saturated carbocycles. The summed E-state index contributed by atoms with van der Waals surface area (Å²) in [4.78, 5) is 12.1. The van der Waals surface area contributed by atoms with Crippen LogP contribution in [0.15, 0.2) is 12.1 Å². The SMILES string of the molecule is COc1cc(N2CCC(CN)CC2)c(F)cc1[N+](=O)[O-]. The summed E-state index contributed by atoms with van der Waals surface area (Å²) in [5, 5.41) is 10.8. The lowest BCUT2D eigenvalue weighted by molar-refractivity contribution is -0.385. The highest BCUT2D eigenvalue weighted by Crippen LogP contribution is 2.35. The number of hydrogen-bond acceptors (Lipinski definition) is 5. The molecule has 1 aliphatic rings. The highest BCUT2D eigenvalue weighted by molar-refractivity contribution is 5.60. The van der Waals surface area contributed by atoms with Crippen molar-refractivity contribution in [3.05, 3.63) is 28.1 Å². The van der Waals surface area contributed by atoms with Crippen LogP contribution in [0.2, 0.25) is 0 Å². The third kappa shape index (κ3) is 2.82. The summed E-state index contributed by atoms with van der Waals surface area (Å²) in [7, 11) is 1.34. The van der Waals surface area contributed by atoms with Gasteiger partial charge >= 0.3 is 5.69 Å². The number of hydrogen-bond donors (Lipinski definition) is 1. The molecule has 0 atom stereocenters. The lowest BCUT2D eigenvalue weighted by Crippen LogP contribution is -2.36. The Labute approximate surface area is 116 Å². The van der Waals surface area contributed by atoms with Crippen LogP contribution in [0.25, 0.3) is 0 Å². The first-order valence-electron chi connectivity index (χ1n) is 6.53. The van der Waals surface area contributed by atoms with E-state index in [0.29, 0.717) is 31.2 Å². The minimum absolute atomic E-state index is 0.0762. The van der Waals surface area contributed by atoms with Gasteiger partial charge in [0.05, 0.1) is 23.8 Å². The summed E-state index contributed by atoms with van der Waals surface area (Å²) in [6, 6.07) is 2.32. The number of benzene rings is 1. The van der Waals surface area contributed by atoms with Crippen LogP contribution in [-0.2, 0) is 0 Å². The van der Waals surface area contributed by atoms with E-state index in [0.717, 1.165) is 18.9 Å². The molecule has 2 rings (SSSR count). The molecular weight excluding hydrogens is 265 g/mol. The highest BCUT2D eigenvalue weighted by atomic mass is 19.1. The number of methoxy groups -OCH3 is 1. The number of ether oxygens (including phenoxy) is 1. The Bertz CT molecular complexity index is 502. The summed E-state index contributed by atoms with van der Waals surface area (Å²) < 4.78 is 19.0. The summed E-state index contributed by atoms with van der Waals surface area (Å²) in [6.07, 6.45) is 1.80. The van der Waals surface area contributed by atoms with Gasteiger partial charge in [-0.3, -0.25) is 10.1 Å². The first-order chi connectivity index (χ1) is 9.56. The molecule has 0 amide bonds. The van der Waals surface area contributed by atoms with Crippen molar-refractivity contribution in [2.75, 3.05) is 31.6 Å². The number of nitro benzene ring substituents is 1. The molecule has 1 heterocycles. The fourth-order valence-electron chi connectivity index (χ4n) is 2.49. The van der Waals surface area contributed by atoms with E-state index in [-0.39, 0.29) is 11.4 Å². The van der Waals surface area contributed by atoms with Gasteiger partial charge in [0.2, 0.25) is 0 Å². The Morgan fingerprint density at radius 2 is 2.15 bits per heavy atom. The van der Waals surface area contributed by atoms with E-state index in [1.807, 2.05) is 4.90 Å². The summed E-state index contributed by atoms with van der Waals surface area (Å²) in [5.74, 6) is -0.0506.